The second-order valence-corrected chi connectivity index (χ2v) is 3.01. The maximum absolute atomic E-state index is 10.6. The third-order valence-electron chi connectivity index (χ3n) is 1.87. The third-order valence-corrected chi connectivity index (χ3v) is 1.87. The molecule has 0 spiro atoms. The number of rotatable bonds is 7. The van der Waals surface area contributed by atoms with Gasteiger partial charge in [-0.05, 0) is 6.42 Å². The highest BCUT2D eigenvalue weighted by molar-refractivity contribution is 6.05. The molecule has 0 aromatic rings. The molecule has 0 saturated carbocycles. The Morgan fingerprint density at radius 1 is 1.17 bits per heavy atom. The largest absolute Gasteiger partial charge is 0.543 e. The summed E-state index contributed by atoms with van der Waals surface area (Å²) in [5, 5.41) is 0. The monoisotopic (exact) mass is 168 g/mol. The van der Waals surface area contributed by atoms with Gasteiger partial charge in [0.05, 0.1) is 0 Å². The minimum atomic E-state index is -0.300. The van der Waals surface area contributed by atoms with Crippen LogP contribution in [0.1, 0.15) is 51.9 Å². The Hall–Kier alpha value is -0.465. The second kappa shape index (κ2) is 8.63. The summed E-state index contributed by atoms with van der Waals surface area (Å²) >= 11 is 0. The van der Waals surface area contributed by atoms with Gasteiger partial charge in [0.25, 0.3) is 5.97 Å². The summed E-state index contributed by atoms with van der Waals surface area (Å²) in [6.45, 7) is 2.19. The molecule has 0 amide bonds. The molecule has 68 valence electrons. The van der Waals surface area contributed by atoms with Gasteiger partial charge in [-0.25, -0.2) is 0 Å². The molecule has 3 heteroatoms. The minimum absolute atomic E-state index is 0.300. The third kappa shape index (κ3) is 7.64. The van der Waals surface area contributed by atoms with Crippen LogP contribution in [0.4, 0.5) is 0 Å². The molecule has 0 heterocycles. The predicted molar refractivity (Wildman–Crippen MR) is 49.8 cm³/mol. The van der Waals surface area contributed by atoms with Gasteiger partial charge in [-0.2, -0.15) is 0 Å². The Kier molecular flexibility index (Phi) is 8.30. The summed E-state index contributed by atoms with van der Waals surface area (Å²) in [6.07, 6.45) is 7.50. The number of carbonyl (C=O) groups is 1. The summed E-state index contributed by atoms with van der Waals surface area (Å²) in [5.41, 5.74) is 0. The molecule has 0 N–H and O–H groups in total. The molecular weight excluding hydrogens is 151 g/mol. The molecule has 0 saturated heterocycles. The van der Waals surface area contributed by atoms with Crippen LogP contribution < -0.4 is 0 Å². The van der Waals surface area contributed by atoms with Gasteiger partial charge in [0.1, 0.15) is 0 Å². The molecule has 0 aliphatic carbocycles. The Morgan fingerprint density at radius 3 is 2.33 bits per heavy atom. The quantitative estimate of drug-likeness (QED) is 0.430. The van der Waals surface area contributed by atoms with Crippen LogP contribution in [-0.2, 0) is 9.45 Å². The van der Waals surface area contributed by atoms with Gasteiger partial charge in [0.2, 0.25) is 0 Å². The molecular formula is C9H17BO2. The lowest BCUT2D eigenvalue weighted by atomic mass is 10.1. The van der Waals surface area contributed by atoms with E-state index in [1.54, 1.807) is 0 Å². The highest BCUT2D eigenvalue weighted by Crippen LogP contribution is 2.06. The number of hydrogen-bond acceptors (Lipinski definition) is 2. The Labute approximate surface area is 76.1 Å². The average molecular weight is 168 g/mol. The van der Waals surface area contributed by atoms with Crippen LogP contribution >= 0.6 is 0 Å². The van der Waals surface area contributed by atoms with Gasteiger partial charge >= 0.3 is 8.05 Å². The smallest absolute Gasteiger partial charge is 0.378 e. The van der Waals surface area contributed by atoms with Crippen molar-refractivity contribution in [2.24, 2.45) is 0 Å². The zero-order chi connectivity index (χ0) is 9.23. The average Bonchev–Trinajstić information content (AvgIpc) is 2.10. The Bertz CT molecular complexity index is 115. The normalized spacial score (nSPS) is 9.75. The van der Waals surface area contributed by atoms with E-state index in [9.17, 15) is 4.79 Å². The van der Waals surface area contributed by atoms with Crippen molar-refractivity contribution in [1.82, 2.24) is 0 Å². The van der Waals surface area contributed by atoms with Crippen LogP contribution in [0.15, 0.2) is 0 Å². The van der Waals surface area contributed by atoms with E-state index >= 15 is 0 Å². The molecule has 0 bridgehead atoms. The topological polar surface area (TPSA) is 26.3 Å². The first-order valence-corrected chi connectivity index (χ1v) is 4.70. The molecule has 0 aliphatic heterocycles. The Balaban J connectivity index is 2.95. The fourth-order valence-corrected chi connectivity index (χ4v) is 1.11. The van der Waals surface area contributed by atoms with Crippen molar-refractivity contribution < 1.29 is 9.45 Å². The second-order valence-electron chi connectivity index (χ2n) is 3.01. The highest BCUT2D eigenvalue weighted by atomic mass is 16.5. The molecule has 0 aromatic heterocycles. The van der Waals surface area contributed by atoms with E-state index in [0.29, 0.717) is 6.42 Å². The molecule has 0 aliphatic rings. The standard InChI is InChI=1S/C9H17BO2/c1-2-3-4-5-6-7-8-9(11)12-10/h2-8H2,1H3. The summed E-state index contributed by atoms with van der Waals surface area (Å²) < 4.78 is 4.04. The van der Waals surface area contributed by atoms with Gasteiger partial charge in [-0.1, -0.05) is 39.0 Å². The van der Waals surface area contributed by atoms with Crippen molar-refractivity contribution >= 4 is 14.0 Å². The van der Waals surface area contributed by atoms with Gasteiger partial charge in [0, 0.05) is 6.42 Å². The van der Waals surface area contributed by atoms with Crippen LogP contribution in [0.2, 0.25) is 0 Å². The van der Waals surface area contributed by atoms with E-state index in [4.69, 9.17) is 0 Å². The number of hydrogen-bond donors (Lipinski definition) is 0. The molecule has 0 aromatic carbocycles. The van der Waals surface area contributed by atoms with E-state index in [0.717, 1.165) is 12.8 Å². The lowest BCUT2D eigenvalue weighted by molar-refractivity contribution is -0.134. The number of carbonyl (C=O) groups excluding carboxylic acids is 1. The minimum Gasteiger partial charge on any atom is -0.543 e. The van der Waals surface area contributed by atoms with Gasteiger partial charge in [-0.3, -0.25) is 4.79 Å². The van der Waals surface area contributed by atoms with Gasteiger partial charge in [-0.15, -0.1) is 0 Å². The first kappa shape index (κ1) is 11.5. The van der Waals surface area contributed by atoms with Crippen LogP contribution in [0, 0.1) is 0 Å². The summed E-state index contributed by atoms with van der Waals surface area (Å²) in [7, 11) is 4.68. The molecule has 12 heavy (non-hydrogen) atoms. The van der Waals surface area contributed by atoms with Gasteiger partial charge < -0.3 is 4.65 Å². The maximum Gasteiger partial charge on any atom is 0.378 e. The van der Waals surface area contributed by atoms with E-state index in [1.807, 2.05) is 0 Å². The summed E-state index contributed by atoms with van der Waals surface area (Å²) in [5.74, 6) is -0.300. The molecule has 0 unspecified atom stereocenters. The first-order chi connectivity index (χ1) is 5.81. The molecule has 0 atom stereocenters. The summed E-state index contributed by atoms with van der Waals surface area (Å²) in [6, 6.07) is 0. The van der Waals surface area contributed by atoms with Crippen LogP contribution in [0.25, 0.3) is 0 Å². The van der Waals surface area contributed by atoms with Crippen molar-refractivity contribution in [3.05, 3.63) is 0 Å². The fourth-order valence-electron chi connectivity index (χ4n) is 1.11. The van der Waals surface area contributed by atoms with Crippen LogP contribution in [-0.4, -0.2) is 14.0 Å². The first-order valence-electron chi connectivity index (χ1n) is 4.70. The maximum atomic E-state index is 10.6. The molecule has 2 radical (unpaired) electrons. The van der Waals surface area contributed by atoms with Crippen LogP contribution in [0.5, 0.6) is 0 Å². The zero-order valence-electron chi connectivity index (χ0n) is 7.84. The molecule has 2 nitrogen and oxygen atoms in total. The van der Waals surface area contributed by atoms with E-state index in [2.05, 4.69) is 19.6 Å². The zero-order valence-corrected chi connectivity index (χ0v) is 7.84. The lowest BCUT2D eigenvalue weighted by Gasteiger charge is -1.99. The molecule has 0 rings (SSSR count). The van der Waals surface area contributed by atoms with E-state index in [-0.39, 0.29) is 5.97 Å². The Morgan fingerprint density at radius 2 is 1.75 bits per heavy atom. The number of unbranched alkanes of at least 4 members (excludes halogenated alkanes) is 5. The highest BCUT2D eigenvalue weighted by Gasteiger charge is 1.97. The predicted octanol–water partition coefficient (Wildman–Crippen LogP) is 2.36. The summed E-state index contributed by atoms with van der Waals surface area (Å²) in [4.78, 5) is 10.6. The van der Waals surface area contributed by atoms with Crippen molar-refractivity contribution in [1.29, 1.82) is 0 Å². The van der Waals surface area contributed by atoms with Crippen molar-refractivity contribution in [2.45, 2.75) is 51.9 Å². The fraction of sp³-hybridized carbons (Fsp3) is 0.889. The SMILES string of the molecule is [B]OC(=O)CCCCCCCC. The lowest BCUT2D eigenvalue weighted by Crippen LogP contribution is -2.00. The van der Waals surface area contributed by atoms with Crippen molar-refractivity contribution in [3.63, 3.8) is 0 Å². The van der Waals surface area contributed by atoms with Gasteiger partial charge in [0.15, 0.2) is 0 Å². The van der Waals surface area contributed by atoms with Crippen LogP contribution in [0.3, 0.4) is 0 Å². The van der Waals surface area contributed by atoms with E-state index < -0.39 is 0 Å². The molecule has 0 fully saturated rings. The van der Waals surface area contributed by atoms with Crippen molar-refractivity contribution in [3.8, 4) is 0 Å². The van der Waals surface area contributed by atoms with E-state index in [1.165, 1.54) is 25.7 Å². The van der Waals surface area contributed by atoms with Crippen molar-refractivity contribution in [2.75, 3.05) is 0 Å².